The maximum Gasteiger partial charge on any atom is 0.201 e. The van der Waals surface area contributed by atoms with Gasteiger partial charge in [0.1, 0.15) is 22.8 Å². The molecule has 1 N–H and O–H groups in total. The molecule has 5 heteroatoms. The van der Waals surface area contributed by atoms with E-state index < -0.39 is 11.6 Å². The maximum atomic E-state index is 14.0. The van der Waals surface area contributed by atoms with Crippen molar-refractivity contribution in [1.29, 1.82) is 0 Å². The van der Waals surface area contributed by atoms with Crippen molar-refractivity contribution in [3.05, 3.63) is 59.7 Å². The summed E-state index contributed by atoms with van der Waals surface area (Å²) < 4.78 is 19.0. The van der Waals surface area contributed by atoms with Crippen LogP contribution in [0.3, 0.4) is 0 Å². The van der Waals surface area contributed by atoms with Gasteiger partial charge in [-0.1, -0.05) is 6.07 Å². The number of nitrogens with zero attached hydrogens (tertiary/aromatic N) is 1. The van der Waals surface area contributed by atoms with Crippen molar-refractivity contribution in [1.82, 2.24) is 9.97 Å². The average Bonchev–Trinajstić information content (AvgIpc) is 2.90. The Labute approximate surface area is 114 Å². The molecule has 0 bridgehead atoms. The summed E-state index contributed by atoms with van der Waals surface area (Å²) in [6, 6.07) is 7.79. The van der Waals surface area contributed by atoms with Gasteiger partial charge in [-0.15, -0.1) is 0 Å². The fraction of sp³-hybridized carbons (Fsp3) is 0.0667. The van der Waals surface area contributed by atoms with Crippen LogP contribution in [0.25, 0.3) is 11.0 Å². The first-order valence-electron chi connectivity index (χ1n) is 6.01. The van der Waals surface area contributed by atoms with Crippen LogP contribution in [0.2, 0.25) is 0 Å². The lowest BCUT2D eigenvalue weighted by atomic mass is 10.0. The minimum atomic E-state index is -0.604. The number of H-pyrrole nitrogens is 1. The number of benzene rings is 1. The lowest BCUT2D eigenvalue weighted by Gasteiger charge is -2.07. The molecule has 20 heavy (non-hydrogen) atoms. The third-order valence-electron chi connectivity index (χ3n) is 3.12. The molecular weight excluding hydrogens is 259 g/mol. The number of nitrogens with one attached hydrogen (secondary N) is 1. The van der Waals surface area contributed by atoms with Crippen LogP contribution in [0.5, 0.6) is 5.75 Å². The van der Waals surface area contributed by atoms with Crippen molar-refractivity contribution in [2.75, 3.05) is 7.11 Å². The summed E-state index contributed by atoms with van der Waals surface area (Å²) in [4.78, 5) is 19.6. The number of hydrogen-bond donors (Lipinski definition) is 1. The maximum absolute atomic E-state index is 14.0. The second kappa shape index (κ2) is 4.77. The summed E-state index contributed by atoms with van der Waals surface area (Å²) in [5.74, 6) is -0.819. The molecule has 0 amide bonds. The molecule has 3 rings (SSSR count). The Morgan fingerprint density at radius 3 is 2.95 bits per heavy atom. The van der Waals surface area contributed by atoms with Gasteiger partial charge in [-0.05, 0) is 24.3 Å². The van der Waals surface area contributed by atoms with Crippen LogP contribution >= 0.6 is 0 Å². The quantitative estimate of drug-likeness (QED) is 0.744. The number of aromatic nitrogens is 2. The van der Waals surface area contributed by atoms with E-state index >= 15 is 0 Å². The van der Waals surface area contributed by atoms with Crippen LogP contribution in [0.4, 0.5) is 4.39 Å². The van der Waals surface area contributed by atoms with Crippen molar-refractivity contribution in [2.24, 2.45) is 0 Å². The Hall–Kier alpha value is -2.69. The highest BCUT2D eigenvalue weighted by Crippen LogP contribution is 2.27. The van der Waals surface area contributed by atoms with Crippen LogP contribution in [-0.2, 0) is 0 Å². The van der Waals surface area contributed by atoms with Gasteiger partial charge in [-0.3, -0.25) is 4.79 Å². The average molecular weight is 270 g/mol. The molecule has 0 saturated carbocycles. The van der Waals surface area contributed by atoms with Crippen molar-refractivity contribution in [2.45, 2.75) is 0 Å². The van der Waals surface area contributed by atoms with Crippen LogP contribution in [0, 0.1) is 5.82 Å². The van der Waals surface area contributed by atoms with E-state index in [-0.39, 0.29) is 11.3 Å². The lowest BCUT2D eigenvalue weighted by Crippen LogP contribution is -2.06. The first-order chi connectivity index (χ1) is 9.72. The van der Waals surface area contributed by atoms with Gasteiger partial charge in [0.05, 0.1) is 7.11 Å². The molecular formula is C15H11FN2O2. The van der Waals surface area contributed by atoms with Crippen molar-refractivity contribution < 1.29 is 13.9 Å². The predicted octanol–water partition coefficient (Wildman–Crippen LogP) is 2.94. The van der Waals surface area contributed by atoms with E-state index in [1.165, 1.54) is 25.4 Å². The largest absolute Gasteiger partial charge is 0.496 e. The SMILES string of the molecule is COc1cccc(F)c1C(=O)c1c[nH]c2ncccc12. The van der Waals surface area contributed by atoms with Crippen LogP contribution in [-0.4, -0.2) is 22.9 Å². The second-order valence-electron chi connectivity index (χ2n) is 4.25. The summed E-state index contributed by atoms with van der Waals surface area (Å²) in [7, 11) is 1.41. The molecule has 4 nitrogen and oxygen atoms in total. The summed E-state index contributed by atoms with van der Waals surface area (Å²) in [5, 5.41) is 0.655. The number of aromatic amines is 1. The summed E-state index contributed by atoms with van der Waals surface area (Å²) in [6.07, 6.45) is 3.16. The van der Waals surface area contributed by atoms with E-state index in [1.807, 2.05) is 0 Å². The Balaban J connectivity index is 2.19. The van der Waals surface area contributed by atoms with Crippen LogP contribution < -0.4 is 4.74 Å². The molecule has 0 spiro atoms. The van der Waals surface area contributed by atoms with Gasteiger partial charge in [-0.2, -0.15) is 0 Å². The number of pyridine rings is 1. The minimum Gasteiger partial charge on any atom is -0.496 e. The fourth-order valence-corrected chi connectivity index (χ4v) is 2.17. The molecule has 100 valence electrons. The van der Waals surface area contributed by atoms with E-state index in [9.17, 15) is 9.18 Å². The molecule has 1 aromatic carbocycles. The molecule has 0 atom stereocenters. The Bertz CT molecular complexity index is 795. The fourth-order valence-electron chi connectivity index (χ4n) is 2.17. The number of hydrogen-bond acceptors (Lipinski definition) is 3. The number of carbonyl (C=O) groups is 1. The number of methoxy groups -OCH3 is 1. The number of rotatable bonds is 3. The van der Waals surface area contributed by atoms with Gasteiger partial charge < -0.3 is 9.72 Å². The smallest absolute Gasteiger partial charge is 0.201 e. The molecule has 0 fully saturated rings. The molecule has 0 saturated heterocycles. The summed E-state index contributed by atoms with van der Waals surface area (Å²) in [6.45, 7) is 0. The molecule has 0 aliphatic rings. The second-order valence-corrected chi connectivity index (χ2v) is 4.25. The monoisotopic (exact) mass is 270 g/mol. The number of carbonyl (C=O) groups excluding carboxylic acids is 1. The molecule has 0 unspecified atom stereocenters. The van der Waals surface area contributed by atoms with Crippen LogP contribution in [0.15, 0.2) is 42.7 Å². The number of ether oxygens (including phenoxy) is 1. The summed E-state index contributed by atoms with van der Waals surface area (Å²) >= 11 is 0. The molecule has 0 aliphatic carbocycles. The molecule has 0 radical (unpaired) electrons. The van der Waals surface area contributed by atoms with Gasteiger partial charge in [-0.25, -0.2) is 9.37 Å². The van der Waals surface area contributed by atoms with E-state index in [2.05, 4.69) is 9.97 Å². The minimum absolute atomic E-state index is 0.0697. The third kappa shape index (κ3) is 1.84. The highest BCUT2D eigenvalue weighted by Gasteiger charge is 2.21. The van der Waals surface area contributed by atoms with E-state index in [0.29, 0.717) is 16.6 Å². The zero-order chi connectivity index (χ0) is 14.1. The number of fused-ring (bicyclic) bond motifs is 1. The normalized spacial score (nSPS) is 10.7. The zero-order valence-electron chi connectivity index (χ0n) is 10.7. The highest BCUT2D eigenvalue weighted by atomic mass is 19.1. The van der Waals surface area contributed by atoms with Gasteiger partial charge in [0.2, 0.25) is 5.78 Å². The summed E-state index contributed by atoms with van der Waals surface area (Å²) in [5.41, 5.74) is 0.891. The predicted molar refractivity (Wildman–Crippen MR) is 72.5 cm³/mol. The van der Waals surface area contributed by atoms with Gasteiger partial charge in [0.25, 0.3) is 0 Å². The molecule has 0 aliphatic heterocycles. The van der Waals surface area contributed by atoms with Gasteiger partial charge >= 0.3 is 0 Å². The van der Waals surface area contributed by atoms with E-state index in [4.69, 9.17) is 4.74 Å². The van der Waals surface area contributed by atoms with E-state index in [1.54, 1.807) is 24.4 Å². The standard InChI is InChI=1S/C15H11FN2O2/c1-20-12-6-2-5-11(16)13(12)14(19)10-8-18-15-9(10)4-3-7-17-15/h2-8H,1H3,(H,17,18). The Morgan fingerprint density at radius 1 is 1.30 bits per heavy atom. The third-order valence-corrected chi connectivity index (χ3v) is 3.12. The first-order valence-corrected chi connectivity index (χ1v) is 6.01. The molecule has 3 aromatic rings. The van der Waals surface area contributed by atoms with Crippen molar-refractivity contribution in [3.8, 4) is 5.75 Å². The van der Waals surface area contributed by atoms with Crippen molar-refractivity contribution >= 4 is 16.8 Å². The van der Waals surface area contributed by atoms with Crippen molar-refractivity contribution in [3.63, 3.8) is 0 Å². The zero-order valence-corrected chi connectivity index (χ0v) is 10.7. The first kappa shape index (κ1) is 12.3. The topological polar surface area (TPSA) is 55.0 Å². The lowest BCUT2D eigenvalue weighted by molar-refractivity contribution is 0.103. The Morgan fingerprint density at radius 2 is 2.15 bits per heavy atom. The molecule has 2 aromatic heterocycles. The Kier molecular flexibility index (Phi) is 2.95. The van der Waals surface area contributed by atoms with E-state index in [0.717, 1.165) is 0 Å². The van der Waals surface area contributed by atoms with Gasteiger partial charge in [0, 0.05) is 23.3 Å². The van der Waals surface area contributed by atoms with Crippen LogP contribution in [0.1, 0.15) is 15.9 Å². The molecule has 2 heterocycles. The van der Waals surface area contributed by atoms with Gasteiger partial charge in [0.15, 0.2) is 0 Å². The number of halogens is 1. The highest BCUT2D eigenvalue weighted by molar-refractivity contribution is 6.17. The number of ketones is 1.